The standard InChI is InChI=1S/C13H19N3O4/c1-9-6-10(16-20-9)8-14-12(19)15-13(7-11(17)18)4-2-3-5-13/h6H,2-5,7-8H2,1H3,(H,17,18)(H2,14,15,19). The number of amides is 2. The molecular formula is C13H19N3O4. The number of carbonyl (C=O) groups excluding carboxylic acids is 1. The van der Waals surface area contributed by atoms with Gasteiger partial charge < -0.3 is 20.3 Å². The Kier molecular flexibility index (Phi) is 4.26. The number of hydrogen-bond donors (Lipinski definition) is 3. The van der Waals surface area contributed by atoms with Gasteiger partial charge in [0.1, 0.15) is 11.5 Å². The minimum atomic E-state index is -0.890. The Morgan fingerprint density at radius 2 is 2.15 bits per heavy atom. The van der Waals surface area contributed by atoms with Gasteiger partial charge in [-0.15, -0.1) is 0 Å². The summed E-state index contributed by atoms with van der Waals surface area (Å²) in [5.74, 6) is -0.209. The minimum absolute atomic E-state index is 0.0382. The van der Waals surface area contributed by atoms with E-state index in [2.05, 4.69) is 15.8 Å². The van der Waals surface area contributed by atoms with Gasteiger partial charge in [0.15, 0.2) is 0 Å². The normalized spacial score (nSPS) is 16.9. The highest BCUT2D eigenvalue weighted by Crippen LogP contribution is 2.32. The monoisotopic (exact) mass is 281 g/mol. The number of carboxylic acids is 1. The van der Waals surface area contributed by atoms with E-state index in [-0.39, 0.29) is 19.0 Å². The van der Waals surface area contributed by atoms with E-state index in [0.29, 0.717) is 24.3 Å². The van der Waals surface area contributed by atoms with E-state index in [0.717, 1.165) is 12.8 Å². The van der Waals surface area contributed by atoms with Gasteiger partial charge in [-0.2, -0.15) is 0 Å². The van der Waals surface area contributed by atoms with Crippen molar-refractivity contribution in [1.29, 1.82) is 0 Å². The first-order valence-electron chi connectivity index (χ1n) is 6.69. The second-order valence-corrected chi connectivity index (χ2v) is 5.29. The van der Waals surface area contributed by atoms with Gasteiger partial charge >= 0.3 is 12.0 Å². The van der Waals surface area contributed by atoms with Gasteiger partial charge in [-0.1, -0.05) is 18.0 Å². The molecule has 1 saturated carbocycles. The van der Waals surface area contributed by atoms with Gasteiger partial charge in [-0.3, -0.25) is 4.79 Å². The molecule has 2 rings (SSSR count). The average molecular weight is 281 g/mol. The molecule has 0 radical (unpaired) electrons. The molecule has 20 heavy (non-hydrogen) atoms. The van der Waals surface area contributed by atoms with Crippen LogP contribution < -0.4 is 10.6 Å². The van der Waals surface area contributed by atoms with Crippen molar-refractivity contribution in [3.63, 3.8) is 0 Å². The summed E-state index contributed by atoms with van der Waals surface area (Å²) in [6, 6.07) is 1.37. The fraction of sp³-hybridized carbons (Fsp3) is 0.615. The van der Waals surface area contributed by atoms with Crippen LogP contribution in [0.4, 0.5) is 4.79 Å². The van der Waals surface area contributed by atoms with Crippen molar-refractivity contribution in [2.24, 2.45) is 0 Å². The van der Waals surface area contributed by atoms with Crippen molar-refractivity contribution < 1.29 is 19.2 Å². The number of nitrogens with one attached hydrogen (secondary N) is 2. The largest absolute Gasteiger partial charge is 0.481 e. The van der Waals surface area contributed by atoms with Crippen LogP contribution in [0.15, 0.2) is 10.6 Å². The predicted octanol–water partition coefficient (Wildman–Crippen LogP) is 1.57. The molecule has 7 nitrogen and oxygen atoms in total. The van der Waals surface area contributed by atoms with Crippen molar-refractivity contribution in [3.05, 3.63) is 17.5 Å². The highest BCUT2D eigenvalue weighted by Gasteiger charge is 2.37. The quantitative estimate of drug-likeness (QED) is 0.760. The van der Waals surface area contributed by atoms with E-state index in [4.69, 9.17) is 9.63 Å². The molecule has 1 fully saturated rings. The number of nitrogens with zero attached hydrogens (tertiary/aromatic N) is 1. The number of carbonyl (C=O) groups is 2. The summed E-state index contributed by atoms with van der Waals surface area (Å²) in [6.45, 7) is 2.03. The van der Waals surface area contributed by atoms with Gasteiger partial charge in [-0.25, -0.2) is 4.79 Å². The topological polar surface area (TPSA) is 104 Å². The van der Waals surface area contributed by atoms with Crippen molar-refractivity contribution in [1.82, 2.24) is 15.8 Å². The summed E-state index contributed by atoms with van der Waals surface area (Å²) < 4.78 is 4.90. The fourth-order valence-electron chi connectivity index (χ4n) is 2.64. The van der Waals surface area contributed by atoms with E-state index in [1.807, 2.05) is 0 Å². The summed E-state index contributed by atoms with van der Waals surface area (Å²) >= 11 is 0. The number of rotatable bonds is 5. The number of aliphatic carboxylic acids is 1. The van der Waals surface area contributed by atoms with Crippen LogP contribution in [-0.4, -0.2) is 27.8 Å². The molecule has 7 heteroatoms. The summed E-state index contributed by atoms with van der Waals surface area (Å²) in [4.78, 5) is 22.8. The summed E-state index contributed by atoms with van der Waals surface area (Å²) in [7, 11) is 0. The SMILES string of the molecule is Cc1cc(CNC(=O)NC2(CC(=O)O)CCCC2)no1. The highest BCUT2D eigenvalue weighted by atomic mass is 16.5. The molecule has 1 aliphatic carbocycles. The van der Waals surface area contributed by atoms with E-state index in [9.17, 15) is 9.59 Å². The number of hydrogen-bond acceptors (Lipinski definition) is 4. The Bertz CT molecular complexity index is 492. The molecule has 2 amide bonds. The second kappa shape index (κ2) is 5.94. The van der Waals surface area contributed by atoms with Gasteiger partial charge in [-0.05, 0) is 19.8 Å². The zero-order valence-corrected chi connectivity index (χ0v) is 11.4. The molecule has 1 heterocycles. The van der Waals surface area contributed by atoms with Crippen LogP contribution in [0.3, 0.4) is 0 Å². The highest BCUT2D eigenvalue weighted by molar-refractivity contribution is 5.76. The first-order chi connectivity index (χ1) is 9.49. The van der Waals surface area contributed by atoms with Gasteiger partial charge in [0.2, 0.25) is 0 Å². The number of aromatic nitrogens is 1. The molecule has 0 aliphatic heterocycles. The molecule has 0 atom stereocenters. The van der Waals surface area contributed by atoms with Crippen molar-refractivity contribution in [2.75, 3.05) is 0 Å². The molecule has 1 aromatic heterocycles. The Morgan fingerprint density at radius 1 is 1.45 bits per heavy atom. The van der Waals surface area contributed by atoms with E-state index in [1.165, 1.54) is 0 Å². The third-order valence-corrected chi connectivity index (χ3v) is 3.54. The second-order valence-electron chi connectivity index (χ2n) is 5.29. The van der Waals surface area contributed by atoms with E-state index >= 15 is 0 Å². The summed E-state index contributed by atoms with van der Waals surface area (Å²) in [5, 5.41) is 18.2. The Morgan fingerprint density at radius 3 is 2.70 bits per heavy atom. The zero-order chi connectivity index (χ0) is 14.6. The number of aryl methyl sites for hydroxylation is 1. The van der Waals surface area contributed by atoms with Crippen molar-refractivity contribution >= 4 is 12.0 Å². The molecule has 0 spiro atoms. The molecular weight excluding hydrogens is 262 g/mol. The summed E-state index contributed by atoms with van der Waals surface area (Å²) in [6.07, 6.45) is 3.25. The van der Waals surface area contributed by atoms with Gasteiger partial charge in [0.05, 0.1) is 18.5 Å². The first kappa shape index (κ1) is 14.4. The third-order valence-electron chi connectivity index (χ3n) is 3.54. The predicted molar refractivity (Wildman–Crippen MR) is 70.1 cm³/mol. The molecule has 1 aliphatic rings. The molecule has 1 aromatic rings. The van der Waals surface area contributed by atoms with Gasteiger partial charge in [0, 0.05) is 6.07 Å². The van der Waals surface area contributed by atoms with Crippen LogP contribution >= 0.6 is 0 Å². The Hall–Kier alpha value is -2.05. The van der Waals surface area contributed by atoms with Crippen LogP contribution in [-0.2, 0) is 11.3 Å². The van der Waals surface area contributed by atoms with Crippen LogP contribution in [0.2, 0.25) is 0 Å². The van der Waals surface area contributed by atoms with Crippen molar-refractivity contribution in [2.45, 2.75) is 51.1 Å². The number of carboxylic acid groups (broad SMARTS) is 1. The lowest BCUT2D eigenvalue weighted by atomic mass is 9.93. The van der Waals surface area contributed by atoms with Gasteiger partial charge in [0.25, 0.3) is 0 Å². The third kappa shape index (κ3) is 3.72. The van der Waals surface area contributed by atoms with Crippen molar-refractivity contribution in [3.8, 4) is 0 Å². The maximum atomic E-state index is 11.9. The van der Waals surface area contributed by atoms with E-state index in [1.54, 1.807) is 13.0 Å². The molecule has 0 bridgehead atoms. The first-order valence-corrected chi connectivity index (χ1v) is 6.69. The fourth-order valence-corrected chi connectivity index (χ4v) is 2.64. The summed E-state index contributed by atoms with van der Waals surface area (Å²) in [5.41, 5.74) is 0.0201. The maximum absolute atomic E-state index is 11.9. The number of urea groups is 1. The minimum Gasteiger partial charge on any atom is -0.481 e. The van der Waals surface area contributed by atoms with Crippen LogP contribution in [0.1, 0.15) is 43.6 Å². The lowest BCUT2D eigenvalue weighted by Gasteiger charge is -2.28. The molecule has 0 aromatic carbocycles. The smallest absolute Gasteiger partial charge is 0.315 e. The molecule has 3 N–H and O–H groups in total. The van der Waals surface area contributed by atoms with E-state index < -0.39 is 11.5 Å². The van der Waals surface area contributed by atoms with Crippen LogP contribution in [0.25, 0.3) is 0 Å². The van der Waals surface area contributed by atoms with Crippen LogP contribution in [0, 0.1) is 6.92 Å². The lowest BCUT2D eigenvalue weighted by molar-refractivity contribution is -0.138. The zero-order valence-electron chi connectivity index (χ0n) is 11.4. The average Bonchev–Trinajstić information content (AvgIpc) is 2.95. The molecule has 0 saturated heterocycles. The van der Waals surface area contributed by atoms with Crippen LogP contribution in [0.5, 0.6) is 0 Å². The maximum Gasteiger partial charge on any atom is 0.315 e. The molecule has 0 unspecified atom stereocenters. The Labute approximate surface area is 116 Å². The lowest BCUT2D eigenvalue weighted by Crippen LogP contribution is -2.51. The molecule has 110 valence electrons. The Balaban J connectivity index is 1.87.